The van der Waals surface area contributed by atoms with Crippen LogP contribution in [0.15, 0.2) is 22.9 Å². The maximum absolute atomic E-state index is 6.20. The predicted molar refractivity (Wildman–Crippen MR) is 67.7 cm³/mol. The Balaban J connectivity index is 2.70. The molecule has 0 aliphatic heterocycles. The molecular formula is C12H19BrN2. The first-order chi connectivity index (χ1) is 6.95. The van der Waals surface area contributed by atoms with E-state index in [2.05, 4.69) is 47.8 Å². The molecule has 0 amide bonds. The van der Waals surface area contributed by atoms with Gasteiger partial charge in [0.15, 0.2) is 0 Å². The molecule has 0 radical (unpaired) electrons. The van der Waals surface area contributed by atoms with Crippen molar-refractivity contribution >= 4 is 15.9 Å². The van der Waals surface area contributed by atoms with Crippen molar-refractivity contribution in [2.75, 3.05) is 0 Å². The van der Waals surface area contributed by atoms with Gasteiger partial charge in [-0.3, -0.25) is 4.98 Å². The maximum atomic E-state index is 6.20. The highest BCUT2D eigenvalue weighted by Gasteiger charge is 2.24. The summed E-state index contributed by atoms with van der Waals surface area (Å²) in [6, 6.07) is 2.26. The second kappa shape index (κ2) is 5.08. The molecule has 84 valence electrons. The van der Waals surface area contributed by atoms with E-state index in [-0.39, 0.29) is 11.5 Å². The maximum Gasteiger partial charge on any atom is 0.0410 e. The molecule has 0 spiro atoms. The zero-order valence-corrected chi connectivity index (χ0v) is 11.2. The van der Waals surface area contributed by atoms with E-state index in [4.69, 9.17) is 5.73 Å². The molecule has 2 N–H and O–H groups in total. The number of hydrogen-bond donors (Lipinski definition) is 1. The van der Waals surface area contributed by atoms with Crippen LogP contribution in [-0.4, -0.2) is 11.0 Å². The Bertz CT molecular complexity index is 323. The fourth-order valence-electron chi connectivity index (χ4n) is 1.36. The smallest absolute Gasteiger partial charge is 0.0410 e. The van der Waals surface area contributed by atoms with E-state index in [0.717, 1.165) is 17.3 Å². The zero-order valence-electron chi connectivity index (χ0n) is 9.63. The SMILES string of the molecule is CCC(C)(C)C(N)Cc1cncc(Br)c1. The first kappa shape index (κ1) is 12.7. The van der Waals surface area contributed by atoms with Gasteiger partial charge in [0.25, 0.3) is 0 Å². The minimum atomic E-state index is 0.179. The number of nitrogens with two attached hydrogens (primary N) is 1. The van der Waals surface area contributed by atoms with Crippen molar-refractivity contribution in [1.29, 1.82) is 0 Å². The largest absolute Gasteiger partial charge is 0.327 e. The second-order valence-electron chi connectivity index (χ2n) is 4.66. The van der Waals surface area contributed by atoms with Gasteiger partial charge in [0.05, 0.1) is 0 Å². The monoisotopic (exact) mass is 270 g/mol. The summed E-state index contributed by atoms with van der Waals surface area (Å²) >= 11 is 3.42. The van der Waals surface area contributed by atoms with Crippen molar-refractivity contribution in [3.63, 3.8) is 0 Å². The average molecular weight is 271 g/mol. The van der Waals surface area contributed by atoms with Gasteiger partial charge in [0.2, 0.25) is 0 Å². The Hall–Kier alpha value is -0.410. The number of hydrogen-bond acceptors (Lipinski definition) is 2. The first-order valence-corrected chi connectivity index (χ1v) is 6.10. The highest BCUT2D eigenvalue weighted by molar-refractivity contribution is 9.10. The van der Waals surface area contributed by atoms with Gasteiger partial charge in [0, 0.05) is 22.9 Å². The van der Waals surface area contributed by atoms with Crippen LogP contribution >= 0.6 is 15.9 Å². The lowest BCUT2D eigenvalue weighted by Gasteiger charge is -2.30. The van der Waals surface area contributed by atoms with Crippen molar-refractivity contribution in [3.05, 3.63) is 28.5 Å². The third-order valence-corrected chi connectivity index (χ3v) is 3.57. The molecule has 0 aromatic carbocycles. The third-order valence-electron chi connectivity index (χ3n) is 3.13. The van der Waals surface area contributed by atoms with Crippen LogP contribution in [0.2, 0.25) is 0 Å². The van der Waals surface area contributed by atoms with E-state index in [9.17, 15) is 0 Å². The van der Waals surface area contributed by atoms with Crippen molar-refractivity contribution in [2.24, 2.45) is 11.1 Å². The van der Waals surface area contributed by atoms with Crippen LogP contribution in [-0.2, 0) is 6.42 Å². The molecule has 0 fully saturated rings. The minimum Gasteiger partial charge on any atom is -0.327 e. The Kier molecular flexibility index (Phi) is 4.29. The second-order valence-corrected chi connectivity index (χ2v) is 5.58. The molecule has 1 atom stereocenters. The molecule has 0 saturated heterocycles. The topological polar surface area (TPSA) is 38.9 Å². The highest BCUT2D eigenvalue weighted by atomic mass is 79.9. The van der Waals surface area contributed by atoms with Gasteiger partial charge in [-0.05, 0) is 45.8 Å². The van der Waals surface area contributed by atoms with Crippen LogP contribution in [0.25, 0.3) is 0 Å². The first-order valence-electron chi connectivity index (χ1n) is 5.30. The van der Waals surface area contributed by atoms with Gasteiger partial charge in [-0.1, -0.05) is 20.8 Å². The molecule has 1 heterocycles. The molecular weight excluding hydrogens is 252 g/mol. The quantitative estimate of drug-likeness (QED) is 0.913. The fraction of sp³-hybridized carbons (Fsp3) is 0.583. The van der Waals surface area contributed by atoms with Crippen molar-refractivity contribution in [2.45, 2.75) is 39.7 Å². The number of nitrogens with zero attached hydrogens (tertiary/aromatic N) is 1. The molecule has 0 saturated carbocycles. The summed E-state index contributed by atoms with van der Waals surface area (Å²) < 4.78 is 1.02. The zero-order chi connectivity index (χ0) is 11.5. The normalized spacial score (nSPS) is 13.9. The van der Waals surface area contributed by atoms with Crippen LogP contribution in [0.5, 0.6) is 0 Å². The molecule has 1 unspecified atom stereocenters. The van der Waals surface area contributed by atoms with Crippen LogP contribution in [0, 0.1) is 5.41 Å². The van der Waals surface area contributed by atoms with Gasteiger partial charge >= 0.3 is 0 Å². The van der Waals surface area contributed by atoms with E-state index >= 15 is 0 Å². The summed E-state index contributed by atoms with van der Waals surface area (Å²) in [5.41, 5.74) is 7.58. The van der Waals surface area contributed by atoms with Gasteiger partial charge in [0.1, 0.15) is 0 Å². The Morgan fingerprint density at radius 2 is 2.13 bits per heavy atom. The van der Waals surface area contributed by atoms with Gasteiger partial charge < -0.3 is 5.73 Å². The summed E-state index contributed by atoms with van der Waals surface area (Å²) in [6.45, 7) is 6.60. The molecule has 15 heavy (non-hydrogen) atoms. The summed E-state index contributed by atoms with van der Waals surface area (Å²) in [7, 11) is 0. The lowest BCUT2D eigenvalue weighted by molar-refractivity contribution is 0.272. The van der Waals surface area contributed by atoms with Gasteiger partial charge in [-0.25, -0.2) is 0 Å². The summed E-state index contributed by atoms with van der Waals surface area (Å²) in [5.74, 6) is 0. The van der Waals surface area contributed by atoms with E-state index < -0.39 is 0 Å². The van der Waals surface area contributed by atoms with Crippen LogP contribution in [0.3, 0.4) is 0 Å². The number of pyridine rings is 1. The molecule has 3 heteroatoms. The van der Waals surface area contributed by atoms with E-state index in [1.165, 1.54) is 5.56 Å². The molecule has 0 bridgehead atoms. The van der Waals surface area contributed by atoms with Crippen molar-refractivity contribution in [3.8, 4) is 0 Å². The molecule has 1 rings (SSSR count). The van der Waals surface area contributed by atoms with Crippen molar-refractivity contribution in [1.82, 2.24) is 4.98 Å². The van der Waals surface area contributed by atoms with Crippen LogP contribution < -0.4 is 5.73 Å². The molecule has 0 aliphatic rings. The van der Waals surface area contributed by atoms with Crippen LogP contribution in [0.1, 0.15) is 32.8 Å². The Morgan fingerprint density at radius 3 is 2.67 bits per heavy atom. The van der Waals surface area contributed by atoms with E-state index in [1.54, 1.807) is 6.20 Å². The Morgan fingerprint density at radius 1 is 1.47 bits per heavy atom. The summed E-state index contributed by atoms with van der Waals surface area (Å²) in [4.78, 5) is 4.14. The molecule has 1 aromatic rings. The van der Waals surface area contributed by atoms with E-state index in [1.807, 2.05) is 6.20 Å². The lowest BCUT2D eigenvalue weighted by atomic mass is 9.80. The summed E-state index contributed by atoms with van der Waals surface area (Å²) in [6.07, 6.45) is 5.65. The van der Waals surface area contributed by atoms with Crippen molar-refractivity contribution < 1.29 is 0 Å². The molecule has 0 aliphatic carbocycles. The predicted octanol–water partition coefficient (Wildman–Crippen LogP) is 3.15. The van der Waals surface area contributed by atoms with Crippen LogP contribution in [0.4, 0.5) is 0 Å². The van der Waals surface area contributed by atoms with Gasteiger partial charge in [-0.15, -0.1) is 0 Å². The lowest BCUT2D eigenvalue weighted by Crippen LogP contribution is -2.38. The molecule has 1 aromatic heterocycles. The standard InChI is InChI=1S/C12H19BrN2/c1-4-12(2,3)11(14)6-9-5-10(13)8-15-7-9/h5,7-8,11H,4,6,14H2,1-3H3. The number of halogens is 1. The highest BCUT2D eigenvalue weighted by Crippen LogP contribution is 2.25. The van der Waals surface area contributed by atoms with Gasteiger partial charge in [-0.2, -0.15) is 0 Å². The van der Waals surface area contributed by atoms with E-state index in [0.29, 0.717) is 0 Å². The minimum absolute atomic E-state index is 0.179. The number of aromatic nitrogens is 1. The molecule has 2 nitrogen and oxygen atoms in total. The Labute approximate surface area is 100 Å². The fourth-order valence-corrected chi connectivity index (χ4v) is 1.77. The third kappa shape index (κ3) is 3.58. The summed E-state index contributed by atoms with van der Waals surface area (Å²) in [5, 5.41) is 0. The average Bonchev–Trinajstić information content (AvgIpc) is 2.17. The number of rotatable bonds is 4.